The fraction of sp³-hybridized carbons (Fsp3) is 0.250. The third-order valence-corrected chi connectivity index (χ3v) is 4.32. The van der Waals surface area contributed by atoms with Crippen molar-refractivity contribution >= 4 is 23.5 Å². The van der Waals surface area contributed by atoms with E-state index in [2.05, 4.69) is 15.4 Å². The van der Waals surface area contributed by atoms with E-state index in [-0.39, 0.29) is 23.7 Å². The Labute approximate surface area is 151 Å². The molecule has 1 saturated carbocycles. The molecule has 2 atom stereocenters. The summed E-state index contributed by atoms with van der Waals surface area (Å²) in [5.41, 5.74) is 1.88. The lowest BCUT2D eigenvalue weighted by Crippen LogP contribution is -2.27. The van der Waals surface area contributed by atoms with Crippen LogP contribution in [0, 0.1) is 11.8 Å². The Hall–Kier alpha value is -3.15. The lowest BCUT2D eigenvalue weighted by atomic mass is 10.2. The molecule has 2 aromatic carbocycles. The van der Waals surface area contributed by atoms with Crippen LogP contribution in [0.2, 0.25) is 0 Å². The Kier molecular flexibility index (Phi) is 5.31. The minimum Gasteiger partial charge on any atom is -0.465 e. The Morgan fingerprint density at radius 1 is 1.00 bits per heavy atom. The molecule has 0 bridgehead atoms. The van der Waals surface area contributed by atoms with Crippen LogP contribution in [0.4, 0.5) is 5.69 Å². The molecule has 0 heterocycles. The van der Waals surface area contributed by atoms with Crippen LogP contribution in [0.1, 0.15) is 22.3 Å². The Morgan fingerprint density at radius 3 is 2.46 bits per heavy atom. The quantitative estimate of drug-likeness (QED) is 0.782. The second-order valence-corrected chi connectivity index (χ2v) is 6.21. The van der Waals surface area contributed by atoms with Crippen molar-refractivity contribution in [3.05, 3.63) is 65.7 Å². The first kappa shape index (κ1) is 17.7. The minimum atomic E-state index is -0.467. The molecule has 1 aliphatic carbocycles. The van der Waals surface area contributed by atoms with E-state index >= 15 is 0 Å². The molecule has 0 aromatic heterocycles. The zero-order valence-corrected chi connectivity index (χ0v) is 14.4. The monoisotopic (exact) mass is 352 g/mol. The van der Waals surface area contributed by atoms with Crippen LogP contribution < -0.4 is 10.6 Å². The molecule has 0 aliphatic heterocycles. The van der Waals surface area contributed by atoms with E-state index in [1.165, 1.54) is 7.11 Å². The number of esters is 1. The highest BCUT2D eigenvalue weighted by Crippen LogP contribution is 2.39. The van der Waals surface area contributed by atoms with Gasteiger partial charge in [0.05, 0.1) is 24.5 Å². The van der Waals surface area contributed by atoms with Crippen molar-refractivity contribution in [2.45, 2.75) is 13.0 Å². The summed E-state index contributed by atoms with van der Waals surface area (Å²) in [5, 5.41) is 5.62. The van der Waals surface area contributed by atoms with Crippen molar-refractivity contribution < 1.29 is 19.1 Å². The lowest BCUT2D eigenvalue weighted by Gasteiger charge is -2.07. The molecule has 0 spiro atoms. The third-order valence-electron chi connectivity index (χ3n) is 4.32. The molecule has 2 aromatic rings. The number of rotatable bonds is 6. The van der Waals surface area contributed by atoms with Crippen molar-refractivity contribution in [2.75, 3.05) is 12.4 Å². The fourth-order valence-electron chi connectivity index (χ4n) is 2.77. The van der Waals surface area contributed by atoms with Gasteiger partial charge in [-0.1, -0.05) is 36.4 Å². The van der Waals surface area contributed by atoms with Gasteiger partial charge in [-0.3, -0.25) is 9.59 Å². The molecule has 2 N–H and O–H groups in total. The number of hydrogen-bond donors (Lipinski definition) is 2. The predicted octanol–water partition coefficient (Wildman–Crippen LogP) is 2.36. The molecule has 1 fully saturated rings. The number of carbonyl (C=O) groups is 3. The summed E-state index contributed by atoms with van der Waals surface area (Å²) in [4.78, 5) is 36.0. The molecule has 134 valence electrons. The molecule has 2 amide bonds. The molecular weight excluding hydrogens is 332 g/mol. The van der Waals surface area contributed by atoms with Crippen molar-refractivity contribution in [2.24, 2.45) is 11.8 Å². The van der Waals surface area contributed by atoms with Crippen molar-refractivity contribution in [1.29, 1.82) is 0 Å². The highest BCUT2D eigenvalue weighted by atomic mass is 16.5. The summed E-state index contributed by atoms with van der Waals surface area (Å²) in [6.07, 6.45) is 0.531. The number of nitrogens with one attached hydrogen (secondary N) is 2. The summed E-state index contributed by atoms with van der Waals surface area (Å²) in [6, 6.07) is 16.1. The summed E-state index contributed by atoms with van der Waals surface area (Å²) >= 11 is 0. The number of carbonyl (C=O) groups excluding carboxylic acids is 3. The van der Waals surface area contributed by atoms with Crippen LogP contribution in [-0.4, -0.2) is 24.9 Å². The third kappa shape index (κ3) is 4.27. The Balaban J connectivity index is 1.51. The molecule has 1 aliphatic rings. The second-order valence-electron chi connectivity index (χ2n) is 6.21. The fourth-order valence-corrected chi connectivity index (χ4v) is 2.77. The number of hydrogen-bond acceptors (Lipinski definition) is 4. The molecule has 6 nitrogen and oxygen atoms in total. The van der Waals surface area contributed by atoms with Gasteiger partial charge in [0.25, 0.3) is 0 Å². The number of benzene rings is 2. The molecular formula is C20H20N2O4. The van der Waals surface area contributed by atoms with E-state index in [0.29, 0.717) is 24.2 Å². The zero-order valence-electron chi connectivity index (χ0n) is 14.4. The normalized spacial score (nSPS) is 17.9. The summed E-state index contributed by atoms with van der Waals surface area (Å²) in [7, 11) is 1.30. The van der Waals surface area contributed by atoms with E-state index in [0.717, 1.165) is 5.56 Å². The maximum absolute atomic E-state index is 12.3. The van der Waals surface area contributed by atoms with Gasteiger partial charge in [0.15, 0.2) is 0 Å². The van der Waals surface area contributed by atoms with Gasteiger partial charge in [-0.2, -0.15) is 0 Å². The topological polar surface area (TPSA) is 84.5 Å². The van der Waals surface area contributed by atoms with Gasteiger partial charge in [0.1, 0.15) is 0 Å². The standard InChI is InChI=1S/C20H20N2O4/c1-26-20(25)14-8-5-9-15(10-14)22-19(24)17-11-16(17)18(23)21-12-13-6-3-2-4-7-13/h2-10,16-17H,11-12H2,1H3,(H,21,23)(H,22,24). The van der Waals surface area contributed by atoms with Gasteiger partial charge in [-0.25, -0.2) is 4.79 Å². The van der Waals surface area contributed by atoms with Crippen LogP contribution in [0.15, 0.2) is 54.6 Å². The number of amides is 2. The van der Waals surface area contributed by atoms with Gasteiger partial charge >= 0.3 is 5.97 Å². The first-order chi connectivity index (χ1) is 12.6. The van der Waals surface area contributed by atoms with E-state index in [9.17, 15) is 14.4 Å². The van der Waals surface area contributed by atoms with E-state index in [1.54, 1.807) is 24.3 Å². The van der Waals surface area contributed by atoms with Gasteiger partial charge in [0.2, 0.25) is 11.8 Å². The first-order valence-electron chi connectivity index (χ1n) is 8.39. The average Bonchev–Trinajstić information content (AvgIpc) is 3.47. The van der Waals surface area contributed by atoms with Gasteiger partial charge < -0.3 is 15.4 Å². The van der Waals surface area contributed by atoms with Gasteiger partial charge in [-0.15, -0.1) is 0 Å². The van der Waals surface area contributed by atoms with Crippen LogP contribution in [0.25, 0.3) is 0 Å². The molecule has 2 unspecified atom stereocenters. The molecule has 3 rings (SSSR count). The number of methoxy groups -OCH3 is 1. The summed E-state index contributed by atoms with van der Waals surface area (Å²) in [6.45, 7) is 0.450. The highest BCUT2D eigenvalue weighted by molar-refractivity contribution is 6.00. The number of anilines is 1. The number of ether oxygens (including phenoxy) is 1. The molecule has 0 saturated heterocycles. The van der Waals surface area contributed by atoms with Crippen LogP contribution in [0.5, 0.6) is 0 Å². The Bertz CT molecular complexity index is 820. The van der Waals surface area contributed by atoms with Gasteiger partial charge in [-0.05, 0) is 30.2 Å². The van der Waals surface area contributed by atoms with E-state index in [1.807, 2.05) is 30.3 Å². The molecule has 6 heteroatoms. The largest absolute Gasteiger partial charge is 0.465 e. The van der Waals surface area contributed by atoms with Crippen LogP contribution in [0.3, 0.4) is 0 Å². The smallest absolute Gasteiger partial charge is 0.337 e. The predicted molar refractivity (Wildman–Crippen MR) is 96.3 cm³/mol. The zero-order chi connectivity index (χ0) is 18.5. The van der Waals surface area contributed by atoms with Gasteiger partial charge in [0, 0.05) is 12.2 Å². The SMILES string of the molecule is COC(=O)c1cccc(NC(=O)C2CC2C(=O)NCc2ccccc2)c1. The van der Waals surface area contributed by atoms with Crippen molar-refractivity contribution in [3.63, 3.8) is 0 Å². The first-order valence-corrected chi connectivity index (χ1v) is 8.39. The summed E-state index contributed by atoms with van der Waals surface area (Å²) in [5.74, 6) is -1.44. The van der Waals surface area contributed by atoms with Crippen molar-refractivity contribution in [3.8, 4) is 0 Å². The van der Waals surface area contributed by atoms with E-state index in [4.69, 9.17) is 0 Å². The molecule has 26 heavy (non-hydrogen) atoms. The highest BCUT2D eigenvalue weighted by Gasteiger charge is 2.47. The average molecular weight is 352 g/mol. The maximum atomic E-state index is 12.3. The van der Waals surface area contributed by atoms with Crippen LogP contribution >= 0.6 is 0 Å². The maximum Gasteiger partial charge on any atom is 0.337 e. The molecule has 0 radical (unpaired) electrons. The van der Waals surface area contributed by atoms with Crippen molar-refractivity contribution in [1.82, 2.24) is 5.32 Å². The second kappa shape index (κ2) is 7.82. The lowest BCUT2D eigenvalue weighted by molar-refractivity contribution is -0.125. The Morgan fingerprint density at radius 2 is 1.73 bits per heavy atom. The van der Waals surface area contributed by atoms with E-state index < -0.39 is 5.97 Å². The summed E-state index contributed by atoms with van der Waals surface area (Å²) < 4.78 is 4.66. The van der Waals surface area contributed by atoms with Crippen LogP contribution in [-0.2, 0) is 20.9 Å². The minimum absolute atomic E-state index is 0.114.